The van der Waals surface area contributed by atoms with Gasteiger partial charge in [-0.3, -0.25) is 14.5 Å². The second-order valence-corrected chi connectivity index (χ2v) is 7.52. The number of pyridine rings is 1. The summed E-state index contributed by atoms with van der Waals surface area (Å²) in [5.74, 6) is -0.790. The van der Waals surface area contributed by atoms with E-state index in [1.54, 1.807) is 21.7 Å². The van der Waals surface area contributed by atoms with E-state index in [0.29, 0.717) is 13.1 Å². The highest BCUT2D eigenvalue weighted by molar-refractivity contribution is 5.96. The molecule has 0 radical (unpaired) electrons. The Morgan fingerprint density at radius 3 is 2.60 bits per heavy atom. The zero-order valence-electron chi connectivity index (χ0n) is 16.8. The van der Waals surface area contributed by atoms with Crippen LogP contribution in [0.15, 0.2) is 84.3 Å². The van der Waals surface area contributed by atoms with E-state index >= 15 is 0 Å². The van der Waals surface area contributed by atoms with Crippen molar-refractivity contribution in [3.8, 4) is 5.75 Å². The van der Waals surface area contributed by atoms with Crippen LogP contribution < -0.4 is 5.43 Å². The van der Waals surface area contributed by atoms with Crippen LogP contribution in [-0.4, -0.2) is 44.6 Å². The lowest BCUT2D eigenvalue weighted by Gasteiger charge is -2.50. The summed E-state index contributed by atoms with van der Waals surface area (Å²) in [7, 11) is 0. The van der Waals surface area contributed by atoms with Gasteiger partial charge in [0, 0.05) is 25.4 Å². The standard InChI is InChI=1S/C24H25N3O3/c1-3-9-17(4-2)21(18-10-6-5-7-11-18)26-13-8-14-27-20(26)16-25-15-12-19(28)23(29)22(25)24(27)30/h3-7,9-12,15,20-21,29H,1-2,8,13-14,16H2/b17-9+. The third-order valence-electron chi connectivity index (χ3n) is 5.84. The first-order chi connectivity index (χ1) is 14.6. The number of hydrogen-bond acceptors (Lipinski definition) is 4. The van der Waals surface area contributed by atoms with Gasteiger partial charge >= 0.3 is 0 Å². The second-order valence-electron chi connectivity index (χ2n) is 7.52. The van der Waals surface area contributed by atoms with E-state index in [4.69, 9.17) is 0 Å². The van der Waals surface area contributed by atoms with Crippen LogP contribution in [0.25, 0.3) is 0 Å². The van der Waals surface area contributed by atoms with Gasteiger partial charge in [-0.05, 0) is 17.6 Å². The average Bonchev–Trinajstić information content (AvgIpc) is 2.77. The van der Waals surface area contributed by atoms with Crippen LogP contribution in [0.1, 0.15) is 28.5 Å². The minimum absolute atomic E-state index is 0.0717. The molecule has 1 fully saturated rings. The van der Waals surface area contributed by atoms with Crippen molar-refractivity contribution in [2.75, 3.05) is 13.1 Å². The van der Waals surface area contributed by atoms with Gasteiger partial charge < -0.3 is 14.6 Å². The number of nitrogens with zero attached hydrogens (tertiary/aromatic N) is 3. The fourth-order valence-electron chi connectivity index (χ4n) is 4.51. The number of carbonyl (C=O) groups is 1. The van der Waals surface area contributed by atoms with Crippen LogP contribution in [-0.2, 0) is 6.54 Å². The molecule has 154 valence electrons. The quantitative estimate of drug-likeness (QED) is 0.780. The van der Waals surface area contributed by atoms with Crippen LogP contribution in [0, 0.1) is 0 Å². The molecular weight excluding hydrogens is 378 g/mol. The monoisotopic (exact) mass is 403 g/mol. The Labute approximate surface area is 175 Å². The first-order valence-electron chi connectivity index (χ1n) is 10.1. The number of aromatic nitrogens is 1. The van der Waals surface area contributed by atoms with Crippen LogP contribution in [0.2, 0.25) is 0 Å². The Hall–Kier alpha value is -3.38. The van der Waals surface area contributed by atoms with Gasteiger partial charge in [-0.25, -0.2) is 0 Å². The normalized spacial score (nSPS) is 20.3. The molecule has 1 saturated heterocycles. The maximum absolute atomic E-state index is 13.2. The molecule has 1 amide bonds. The summed E-state index contributed by atoms with van der Waals surface area (Å²) in [5, 5.41) is 10.2. The largest absolute Gasteiger partial charge is 0.503 e. The summed E-state index contributed by atoms with van der Waals surface area (Å²) in [6, 6.07) is 11.3. The van der Waals surface area contributed by atoms with Crippen molar-refractivity contribution < 1.29 is 9.90 Å². The minimum Gasteiger partial charge on any atom is -0.503 e. The molecule has 2 aromatic rings. The van der Waals surface area contributed by atoms with Gasteiger partial charge in [0.15, 0.2) is 11.4 Å². The first kappa shape index (κ1) is 19.9. The van der Waals surface area contributed by atoms with Crippen LogP contribution in [0.5, 0.6) is 5.75 Å². The lowest BCUT2D eigenvalue weighted by molar-refractivity contribution is -0.0240. The smallest absolute Gasteiger partial charge is 0.275 e. The predicted molar refractivity (Wildman–Crippen MR) is 116 cm³/mol. The molecule has 6 heteroatoms. The van der Waals surface area contributed by atoms with E-state index < -0.39 is 11.2 Å². The molecule has 2 unspecified atom stereocenters. The SMILES string of the molecule is C=C/C=C(\C=C)C(c1ccccc1)N1CCCN2C(=O)c3c(O)c(=O)ccn3CC21. The fraction of sp³-hybridized carbons (Fsp3) is 0.250. The number of rotatable bonds is 5. The Morgan fingerprint density at radius 2 is 1.90 bits per heavy atom. The molecule has 2 aliphatic rings. The molecule has 0 spiro atoms. The molecule has 1 N–H and O–H groups in total. The molecule has 6 nitrogen and oxygen atoms in total. The third kappa shape index (κ3) is 3.29. The predicted octanol–water partition coefficient (Wildman–Crippen LogP) is 3.08. The van der Waals surface area contributed by atoms with Crippen LogP contribution in [0.4, 0.5) is 0 Å². The maximum Gasteiger partial charge on any atom is 0.275 e. The summed E-state index contributed by atoms with van der Waals surface area (Å²) in [5.41, 5.74) is 1.64. The van der Waals surface area contributed by atoms with E-state index in [2.05, 4.69) is 30.2 Å². The highest BCUT2D eigenvalue weighted by atomic mass is 16.3. The number of fused-ring (bicyclic) bond motifs is 2. The second kappa shape index (κ2) is 8.16. The molecule has 4 rings (SSSR count). The lowest BCUT2D eigenvalue weighted by Crippen LogP contribution is -2.61. The molecule has 1 aromatic heterocycles. The summed E-state index contributed by atoms with van der Waals surface area (Å²) >= 11 is 0. The van der Waals surface area contributed by atoms with Crippen molar-refractivity contribution in [1.29, 1.82) is 0 Å². The molecular formula is C24H25N3O3. The number of carbonyl (C=O) groups excluding carboxylic acids is 1. The van der Waals surface area contributed by atoms with E-state index in [0.717, 1.165) is 24.1 Å². The molecule has 30 heavy (non-hydrogen) atoms. The summed E-state index contributed by atoms with van der Waals surface area (Å²) < 4.78 is 1.69. The van der Waals surface area contributed by atoms with Crippen LogP contribution >= 0.6 is 0 Å². The van der Waals surface area contributed by atoms with Crippen molar-refractivity contribution in [3.05, 3.63) is 101 Å². The summed E-state index contributed by atoms with van der Waals surface area (Å²) in [6.45, 7) is 9.70. The molecule has 0 aliphatic carbocycles. The number of amides is 1. The van der Waals surface area contributed by atoms with E-state index in [-0.39, 0.29) is 23.8 Å². The number of hydrogen-bond donors (Lipinski definition) is 1. The van der Waals surface area contributed by atoms with Gasteiger partial charge in [-0.2, -0.15) is 0 Å². The minimum atomic E-state index is -0.535. The van der Waals surface area contributed by atoms with Gasteiger partial charge in [0.2, 0.25) is 5.43 Å². The summed E-state index contributed by atoms with van der Waals surface area (Å²) in [6.07, 6.45) is 7.70. The van der Waals surface area contributed by atoms with Gasteiger partial charge in [0.1, 0.15) is 6.17 Å². The van der Waals surface area contributed by atoms with Crippen molar-refractivity contribution in [1.82, 2.24) is 14.4 Å². The molecule has 0 saturated carbocycles. The Bertz CT molecular complexity index is 1070. The first-order valence-corrected chi connectivity index (χ1v) is 10.1. The lowest BCUT2D eigenvalue weighted by atomic mass is 9.94. The molecule has 0 bridgehead atoms. The van der Waals surface area contributed by atoms with Crippen molar-refractivity contribution in [2.45, 2.75) is 25.2 Å². The number of aromatic hydroxyl groups is 1. The Kier molecular flexibility index (Phi) is 5.42. The highest BCUT2D eigenvalue weighted by Crippen LogP contribution is 2.36. The average molecular weight is 403 g/mol. The van der Waals surface area contributed by atoms with Crippen molar-refractivity contribution in [3.63, 3.8) is 0 Å². The fourth-order valence-corrected chi connectivity index (χ4v) is 4.51. The van der Waals surface area contributed by atoms with E-state index in [1.165, 1.54) is 6.07 Å². The Morgan fingerprint density at radius 1 is 1.13 bits per heavy atom. The molecule has 2 aliphatic heterocycles. The molecule has 2 atom stereocenters. The van der Waals surface area contributed by atoms with Crippen molar-refractivity contribution in [2.24, 2.45) is 0 Å². The molecule has 3 heterocycles. The van der Waals surface area contributed by atoms with Gasteiger partial charge in [-0.1, -0.05) is 61.7 Å². The number of benzene rings is 1. The summed E-state index contributed by atoms with van der Waals surface area (Å²) in [4.78, 5) is 29.2. The molecule has 1 aromatic carbocycles. The topological polar surface area (TPSA) is 65.8 Å². The van der Waals surface area contributed by atoms with E-state index in [9.17, 15) is 14.7 Å². The van der Waals surface area contributed by atoms with Crippen LogP contribution in [0.3, 0.4) is 0 Å². The Balaban J connectivity index is 1.81. The van der Waals surface area contributed by atoms with Gasteiger partial charge in [0.05, 0.1) is 12.6 Å². The zero-order chi connectivity index (χ0) is 21.3. The third-order valence-corrected chi connectivity index (χ3v) is 5.84. The highest BCUT2D eigenvalue weighted by Gasteiger charge is 2.42. The van der Waals surface area contributed by atoms with Gasteiger partial charge in [0.25, 0.3) is 5.91 Å². The zero-order valence-corrected chi connectivity index (χ0v) is 16.8. The van der Waals surface area contributed by atoms with Gasteiger partial charge in [-0.15, -0.1) is 0 Å². The van der Waals surface area contributed by atoms with E-state index in [1.807, 2.05) is 30.4 Å². The number of allylic oxidation sites excluding steroid dienone is 2. The maximum atomic E-state index is 13.2. The van der Waals surface area contributed by atoms with Crippen molar-refractivity contribution >= 4 is 5.91 Å².